The van der Waals surface area contributed by atoms with Crippen molar-refractivity contribution in [1.29, 1.82) is 0 Å². The summed E-state index contributed by atoms with van der Waals surface area (Å²) in [4.78, 5) is 20.8. The second kappa shape index (κ2) is 79.2. The number of fused-ring (bicyclic) bond motifs is 1. The Balaban J connectivity index is -0.0000000657. The number of esters is 2. The van der Waals surface area contributed by atoms with Crippen molar-refractivity contribution in [2.45, 2.75) is 152 Å². The first-order valence-electron chi connectivity index (χ1n) is 21.5. The van der Waals surface area contributed by atoms with Gasteiger partial charge in [0, 0.05) is 13.8 Å². The van der Waals surface area contributed by atoms with Crippen LogP contribution in [0.3, 0.4) is 0 Å². The van der Waals surface area contributed by atoms with Crippen LogP contribution in [0, 0.1) is 0 Å². The van der Waals surface area contributed by atoms with E-state index in [4.69, 9.17) is 9.47 Å². The van der Waals surface area contributed by atoms with Crippen molar-refractivity contribution in [2.75, 3.05) is 0 Å². The van der Waals surface area contributed by atoms with E-state index in [1.807, 2.05) is 211 Å². The molecule has 5 rings (SSSR count). The van der Waals surface area contributed by atoms with Crippen LogP contribution < -0.4 is 9.47 Å². The zero-order valence-electron chi connectivity index (χ0n) is 40.5. The highest BCUT2D eigenvalue weighted by molar-refractivity contribution is 5.82. The number of carbonyl (C=O) groups is 2. The van der Waals surface area contributed by atoms with Crippen LogP contribution in [0.25, 0.3) is 10.8 Å². The van der Waals surface area contributed by atoms with Crippen LogP contribution in [0.15, 0.2) is 146 Å². The van der Waals surface area contributed by atoms with E-state index < -0.39 is 0 Å². The third-order valence-electron chi connectivity index (χ3n) is 4.33. The van der Waals surface area contributed by atoms with Gasteiger partial charge in [0.25, 0.3) is 0 Å². The van der Waals surface area contributed by atoms with Crippen LogP contribution in [0.4, 0.5) is 0 Å². The Morgan fingerprint density at radius 1 is 0.268 bits per heavy atom. The molecule has 4 heteroatoms. The van der Waals surface area contributed by atoms with Crippen molar-refractivity contribution in [2.24, 2.45) is 0 Å². The molecule has 0 heterocycles. The molecule has 5 aromatic rings. The molecule has 56 heavy (non-hydrogen) atoms. The lowest BCUT2D eigenvalue weighted by Crippen LogP contribution is -2.00. The number of carbonyl (C=O) groups excluding carboxylic acids is 2. The summed E-state index contributed by atoms with van der Waals surface area (Å²) in [6.45, 7) is 42.8. The Kier molecular flexibility index (Phi) is 103. The fourth-order valence-electron chi connectivity index (χ4n) is 2.83. The van der Waals surface area contributed by atoms with Crippen molar-refractivity contribution in [3.05, 3.63) is 146 Å². The Morgan fingerprint density at radius 2 is 0.411 bits per heavy atom. The first kappa shape index (κ1) is 72.5. The van der Waals surface area contributed by atoms with Gasteiger partial charge < -0.3 is 9.47 Å². The van der Waals surface area contributed by atoms with Gasteiger partial charge in [0.05, 0.1) is 0 Å². The molecule has 0 aliphatic rings. The summed E-state index contributed by atoms with van der Waals surface area (Å²) >= 11 is 0. The summed E-state index contributed by atoms with van der Waals surface area (Å²) in [5.41, 5.74) is 0. The maximum atomic E-state index is 10.4. The fourth-order valence-corrected chi connectivity index (χ4v) is 2.83. The van der Waals surface area contributed by atoms with Crippen LogP contribution >= 0.6 is 0 Å². The topological polar surface area (TPSA) is 52.6 Å². The quantitative estimate of drug-likeness (QED) is 0.132. The highest BCUT2D eigenvalue weighted by Crippen LogP contribution is 2.11. The minimum Gasteiger partial charge on any atom is -0.427 e. The highest BCUT2D eigenvalue weighted by atomic mass is 16.5. The second-order valence-corrected chi connectivity index (χ2v) is 7.32. The molecule has 0 bridgehead atoms. The monoisotopic (exact) mass is 779 g/mol. The molecule has 0 aromatic heterocycles. The van der Waals surface area contributed by atoms with E-state index in [1.54, 1.807) is 24.3 Å². The molecule has 0 N–H and O–H groups in total. The molecule has 322 valence electrons. The molecule has 0 saturated carbocycles. The molecule has 0 aliphatic heterocycles. The molecule has 0 fully saturated rings. The van der Waals surface area contributed by atoms with Crippen molar-refractivity contribution < 1.29 is 19.1 Å². The Hall–Kier alpha value is -4.70. The maximum Gasteiger partial charge on any atom is 0.308 e. The minimum absolute atomic E-state index is 0.286. The molecule has 0 unspecified atom stereocenters. The first-order valence-corrected chi connectivity index (χ1v) is 21.5. The van der Waals surface area contributed by atoms with E-state index in [1.165, 1.54) is 24.6 Å². The summed E-state index contributed by atoms with van der Waals surface area (Å²) in [5, 5.41) is 2.62. The smallest absolute Gasteiger partial charge is 0.308 e. The average molecular weight is 779 g/mol. The summed E-state index contributed by atoms with van der Waals surface area (Å²) in [6.07, 6.45) is 0. The molecule has 4 nitrogen and oxygen atoms in total. The van der Waals surface area contributed by atoms with Gasteiger partial charge in [-0.2, -0.15) is 0 Å². The van der Waals surface area contributed by atoms with Gasteiger partial charge in [0.2, 0.25) is 0 Å². The van der Waals surface area contributed by atoms with Gasteiger partial charge in [0.1, 0.15) is 11.5 Å². The van der Waals surface area contributed by atoms with Crippen LogP contribution in [0.5, 0.6) is 11.5 Å². The van der Waals surface area contributed by atoms with E-state index in [9.17, 15) is 9.59 Å². The fraction of sp³-hybridized carbons (Fsp3) is 0.423. The Labute approximate surface area is 350 Å². The average Bonchev–Trinajstić information content (AvgIpc) is 3.32. The summed E-state index contributed by atoms with van der Waals surface area (Å²) < 4.78 is 9.55. The predicted molar refractivity (Wildman–Crippen MR) is 259 cm³/mol. The number of hydrogen-bond acceptors (Lipinski definition) is 4. The normalized spacial score (nSPS) is 6.89. The van der Waals surface area contributed by atoms with Crippen molar-refractivity contribution in [1.82, 2.24) is 0 Å². The number of hydrogen-bond donors (Lipinski definition) is 0. The molecular formula is C52H90O4. The molecule has 0 radical (unpaired) electrons. The molecule has 0 atom stereocenters. The second-order valence-electron chi connectivity index (χ2n) is 7.32. The van der Waals surface area contributed by atoms with Crippen LogP contribution in [0.1, 0.15) is 152 Å². The summed E-state index contributed by atoms with van der Waals surface area (Å²) in [5.74, 6) is 0.613. The van der Waals surface area contributed by atoms with E-state index in [-0.39, 0.29) is 11.9 Å². The van der Waals surface area contributed by atoms with E-state index in [0.717, 1.165) is 0 Å². The van der Waals surface area contributed by atoms with Gasteiger partial charge in [-0.3, -0.25) is 9.59 Å². The standard InChI is InChI=1S/C10H8.2C8H8O2.C6H6.10C2H6/c1-2-6-10-8-4-3-7-9(10)5-1;2*1-7(9)10-8-5-3-2-4-6-8;1-2-4-6-5-3-1;10*1-2/h1-8H;2*2-6H,1H3;1-6H;10*1-2H3. The predicted octanol–water partition coefficient (Wildman–Crippen LogP) is 18.0. The third-order valence-corrected chi connectivity index (χ3v) is 4.33. The Morgan fingerprint density at radius 3 is 0.571 bits per heavy atom. The molecule has 0 saturated heterocycles. The molecule has 5 aromatic carbocycles. The lowest BCUT2D eigenvalue weighted by atomic mass is 10.1. The van der Waals surface area contributed by atoms with E-state index in [2.05, 4.69) is 48.5 Å². The lowest BCUT2D eigenvalue weighted by Gasteiger charge is -1.97. The SMILES string of the molecule is CC.CC.CC.CC.CC.CC.CC.CC.CC.CC.CC(=O)Oc1ccccc1.CC(=O)Oc1ccccc1.c1ccc2ccccc2c1.c1ccccc1. The van der Waals surface area contributed by atoms with Gasteiger partial charge in [-0.05, 0) is 35.0 Å². The number of para-hydroxylation sites is 2. The minimum atomic E-state index is -0.286. The molecular weight excluding hydrogens is 689 g/mol. The van der Waals surface area contributed by atoms with Gasteiger partial charge in [-0.15, -0.1) is 0 Å². The largest absolute Gasteiger partial charge is 0.427 e. The van der Waals surface area contributed by atoms with Crippen LogP contribution in [-0.2, 0) is 9.59 Å². The van der Waals surface area contributed by atoms with E-state index >= 15 is 0 Å². The van der Waals surface area contributed by atoms with Gasteiger partial charge >= 0.3 is 11.9 Å². The van der Waals surface area contributed by atoms with Crippen molar-refractivity contribution >= 4 is 22.7 Å². The van der Waals surface area contributed by atoms with Crippen LogP contribution in [-0.4, -0.2) is 11.9 Å². The highest BCUT2D eigenvalue weighted by Gasteiger charge is 1.94. The lowest BCUT2D eigenvalue weighted by molar-refractivity contribution is -0.132. The van der Waals surface area contributed by atoms with Crippen LogP contribution in [0.2, 0.25) is 0 Å². The van der Waals surface area contributed by atoms with Gasteiger partial charge in [-0.1, -0.05) is 260 Å². The van der Waals surface area contributed by atoms with E-state index in [0.29, 0.717) is 11.5 Å². The van der Waals surface area contributed by atoms with Crippen molar-refractivity contribution in [3.8, 4) is 11.5 Å². The number of ether oxygens (including phenoxy) is 2. The zero-order valence-corrected chi connectivity index (χ0v) is 40.5. The molecule has 0 aliphatic carbocycles. The zero-order chi connectivity index (χ0) is 45.8. The molecule has 0 spiro atoms. The van der Waals surface area contributed by atoms with Gasteiger partial charge in [0.15, 0.2) is 0 Å². The summed E-state index contributed by atoms with van der Waals surface area (Å²) in [7, 11) is 0. The Bertz CT molecular complexity index is 1130. The maximum absolute atomic E-state index is 10.4. The first-order chi connectivity index (χ1) is 27.5. The van der Waals surface area contributed by atoms with Crippen molar-refractivity contribution in [3.63, 3.8) is 0 Å². The number of rotatable bonds is 2. The third kappa shape index (κ3) is 61.3. The van der Waals surface area contributed by atoms with Gasteiger partial charge in [-0.25, -0.2) is 0 Å². The molecule has 0 amide bonds. The number of benzene rings is 5. The summed E-state index contributed by atoms with van der Waals surface area (Å²) in [6, 6.07) is 46.7.